The summed E-state index contributed by atoms with van der Waals surface area (Å²) in [4.78, 5) is 27.1. The maximum absolute atomic E-state index is 12.8. The molecule has 0 spiro atoms. The number of rotatable bonds is 6. The zero-order valence-electron chi connectivity index (χ0n) is 15.4. The van der Waals surface area contributed by atoms with Crippen LogP contribution in [-0.4, -0.2) is 22.8 Å². The molecule has 1 saturated carbocycles. The second kappa shape index (κ2) is 8.17. The van der Waals surface area contributed by atoms with Gasteiger partial charge in [0, 0.05) is 12.6 Å². The molecule has 2 aromatic rings. The first-order chi connectivity index (χ1) is 12.6. The van der Waals surface area contributed by atoms with Crippen molar-refractivity contribution in [1.82, 2.24) is 10.2 Å². The maximum Gasteiger partial charge on any atom is 0.312 e. The van der Waals surface area contributed by atoms with Crippen LogP contribution in [0, 0.1) is 5.92 Å². The van der Waals surface area contributed by atoms with Gasteiger partial charge < -0.3 is 10.2 Å². The molecule has 0 aromatic heterocycles. The average molecular weight is 350 g/mol. The van der Waals surface area contributed by atoms with Crippen LogP contribution in [0.4, 0.5) is 0 Å². The van der Waals surface area contributed by atoms with E-state index in [1.165, 1.54) is 0 Å². The summed E-state index contributed by atoms with van der Waals surface area (Å²) in [6.07, 6.45) is 2.18. The third-order valence-corrected chi connectivity index (χ3v) is 4.81. The molecular weight excluding hydrogens is 324 g/mol. The van der Waals surface area contributed by atoms with Crippen molar-refractivity contribution in [3.05, 3.63) is 71.8 Å². The summed E-state index contributed by atoms with van der Waals surface area (Å²) < 4.78 is 0. The minimum Gasteiger partial charge on any atom is -0.341 e. The van der Waals surface area contributed by atoms with Crippen LogP contribution >= 0.6 is 0 Å². The second-order valence-corrected chi connectivity index (χ2v) is 7.21. The fourth-order valence-corrected chi connectivity index (χ4v) is 3.17. The van der Waals surface area contributed by atoms with E-state index in [9.17, 15) is 9.59 Å². The van der Waals surface area contributed by atoms with Gasteiger partial charge in [-0.1, -0.05) is 60.7 Å². The first kappa shape index (κ1) is 18.2. The Labute approximate surface area is 155 Å². The van der Waals surface area contributed by atoms with Crippen LogP contribution in [0.5, 0.6) is 0 Å². The van der Waals surface area contributed by atoms with Crippen LogP contribution in [0.1, 0.15) is 43.9 Å². The highest BCUT2D eigenvalue weighted by atomic mass is 16.2. The lowest BCUT2D eigenvalue weighted by atomic mass is 10.0. The minimum atomic E-state index is -0.518. The Bertz CT molecular complexity index is 739. The van der Waals surface area contributed by atoms with E-state index in [1.807, 2.05) is 74.5 Å². The molecule has 1 aliphatic rings. The van der Waals surface area contributed by atoms with Gasteiger partial charge in [-0.05, 0) is 43.7 Å². The number of amides is 2. The lowest BCUT2D eigenvalue weighted by Gasteiger charge is -2.27. The molecule has 26 heavy (non-hydrogen) atoms. The van der Waals surface area contributed by atoms with E-state index in [2.05, 4.69) is 5.32 Å². The van der Waals surface area contributed by atoms with Crippen molar-refractivity contribution in [3.8, 4) is 0 Å². The molecule has 1 atom stereocenters. The van der Waals surface area contributed by atoms with E-state index >= 15 is 0 Å². The number of nitrogens with zero attached hydrogens (tertiary/aromatic N) is 1. The van der Waals surface area contributed by atoms with Crippen molar-refractivity contribution in [2.24, 2.45) is 5.92 Å². The Morgan fingerprint density at radius 1 is 1.00 bits per heavy atom. The van der Waals surface area contributed by atoms with Crippen LogP contribution < -0.4 is 5.32 Å². The predicted octanol–water partition coefficient (Wildman–Crippen LogP) is 3.69. The molecule has 4 nitrogen and oxygen atoms in total. The molecule has 0 bridgehead atoms. The number of hydrogen-bond donors (Lipinski definition) is 1. The first-order valence-electron chi connectivity index (χ1n) is 9.26. The van der Waals surface area contributed by atoms with Gasteiger partial charge >= 0.3 is 11.8 Å². The highest BCUT2D eigenvalue weighted by Crippen LogP contribution is 2.40. The van der Waals surface area contributed by atoms with E-state index in [0.29, 0.717) is 12.5 Å². The molecule has 0 saturated heterocycles. The first-order valence-corrected chi connectivity index (χ1v) is 9.26. The molecule has 136 valence electrons. The van der Waals surface area contributed by atoms with Crippen molar-refractivity contribution in [2.45, 2.75) is 45.3 Å². The van der Waals surface area contributed by atoms with Crippen molar-refractivity contribution >= 4 is 11.8 Å². The van der Waals surface area contributed by atoms with Gasteiger partial charge in [0.1, 0.15) is 0 Å². The van der Waals surface area contributed by atoms with Gasteiger partial charge in [0.15, 0.2) is 0 Å². The number of nitrogens with one attached hydrogen (secondary N) is 1. The predicted molar refractivity (Wildman–Crippen MR) is 102 cm³/mol. The van der Waals surface area contributed by atoms with Crippen LogP contribution in [0.25, 0.3) is 0 Å². The third-order valence-electron chi connectivity index (χ3n) is 4.81. The Hall–Kier alpha value is -2.62. The molecule has 0 heterocycles. The van der Waals surface area contributed by atoms with E-state index in [0.717, 1.165) is 24.0 Å². The van der Waals surface area contributed by atoms with Gasteiger partial charge in [0.05, 0.1) is 6.04 Å². The largest absolute Gasteiger partial charge is 0.341 e. The van der Waals surface area contributed by atoms with E-state index in [-0.39, 0.29) is 12.1 Å². The summed E-state index contributed by atoms with van der Waals surface area (Å²) in [5, 5.41) is 2.99. The number of hydrogen-bond acceptors (Lipinski definition) is 2. The highest BCUT2D eigenvalue weighted by Gasteiger charge is 2.35. The number of benzene rings is 2. The molecule has 4 heteroatoms. The van der Waals surface area contributed by atoms with Crippen molar-refractivity contribution in [3.63, 3.8) is 0 Å². The second-order valence-electron chi connectivity index (χ2n) is 7.21. The summed E-state index contributed by atoms with van der Waals surface area (Å²) in [5.74, 6) is -0.559. The van der Waals surface area contributed by atoms with Gasteiger partial charge in [-0.3, -0.25) is 9.59 Å². The molecule has 1 fully saturated rings. The molecule has 0 aliphatic heterocycles. The molecule has 1 N–H and O–H groups in total. The summed E-state index contributed by atoms with van der Waals surface area (Å²) in [6, 6.07) is 19.5. The minimum absolute atomic E-state index is 0.0513. The van der Waals surface area contributed by atoms with Crippen LogP contribution in [0.2, 0.25) is 0 Å². The fourth-order valence-electron chi connectivity index (χ4n) is 3.17. The Kier molecular flexibility index (Phi) is 5.71. The number of carbonyl (C=O) groups excluding carboxylic acids is 2. The Morgan fingerprint density at radius 3 is 2.12 bits per heavy atom. The lowest BCUT2D eigenvalue weighted by Crippen LogP contribution is -2.46. The summed E-state index contributed by atoms with van der Waals surface area (Å²) in [5.41, 5.74) is 2.08. The van der Waals surface area contributed by atoms with Gasteiger partial charge in [-0.15, -0.1) is 0 Å². The Balaban J connectivity index is 1.71. The summed E-state index contributed by atoms with van der Waals surface area (Å²) >= 11 is 0. The summed E-state index contributed by atoms with van der Waals surface area (Å²) in [7, 11) is 0. The van der Waals surface area contributed by atoms with E-state index in [1.54, 1.807) is 4.90 Å². The SMILES string of the molecule is CC(C)N(Cc1ccccc1)C(=O)C(=O)N[C@@H](c1ccccc1)C1CC1. The van der Waals surface area contributed by atoms with Crippen LogP contribution in [-0.2, 0) is 16.1 Å². The molecule has 1 aliphatic carbocycles. The van der Waals surface area contributed by atoms with Gasteiger partial charge in [0.25, 0.3) is 0 Å². The standard InChI is InChI=1S/C22H26N2O2/c1-16(2)24(15-17-9-5-3-6-10-17)22(26)21(25)23-20(19-13-14-19)18-11-7-4-8-12-18/h3-12,16,19-20H,13-15H2,1-2H3,(H,23,25)/t20-/m0/s1. The van der Waals surface area contributed by atoms with Crippen molar-refractivity contribution in [1.29, 1.82) is 0 Å². The zero-order valence-corrected chi connectivity index (χ0v) is 15.4. The quantitative estimate of drug-likeness (QED) is 0.808. The zero-order chi connectivity index (χ0) is 18.5. The molecule has 3 rings (SSSR count). The average Bonchev–Trinajstić information content (AvgIpc) is 3.50. The third kappa shape index (κ3) is 4.51. The molecule has 0 radical (unpaired) electrons. The topological polar surface area (TPSA) is 49.4 Å². The van der Waals surface area contributed by atoms with Crippen molar-refractivity contribution < 1.29 is 9.59 Å². The normalized spacial score (nSPS) is 14.7. The van der Waals surface area contributed by atoms with Gasteiger partial charge in [0.2, 0.25) is 0 Å². The number of carbonyl (C=O) groups is 2. The van der Waals surface area contributed by atoms with Crippen molar-refractivity contribution in [2.75, 3.05) is 0 Å². The molecule has 2 aromatic carbocycles. The fraction of sp³-hybridized carbons (Fsp3) is 0.364. The monoisotopic (exact) mass is 350 g/mol. The van der Waals surface area contributed by atoms with Crippen LogP contribution in [0.3, 0.4) is 0 Å². The van der Waals surface area contributed by atoms with Gasteiger partial charge in [-0.25, -0.2) is 0 Å². The lowest BCUT2D eigenvalue weighted by molar-refractivity contribution is -0.148. The van der Waals surface area contributed by atoms with Crippen LogP contribution in [0.15, 0.2) is 60.7 Å². The molecule has 2 amide bonds. The van der Waals surface area contributed by atoms with Gasteiger partial charge in [-0.2, -0.15) is 0 Å². The highest BCUT2D eigenvalue weighted by molar-refractivity contribution is 6.35. The Morgan fingerprint density at radius 2 is 1.58 bits per heavy atom. The smallest absolute Gasteiger partial charge is 0.312 e. The molecular formula is C22H26N2O2. The van der Waals surface area contributed by atoms with E-state index < -0.39 is 11.8 Å². The molecule has 0 unspecified atom stereocenters. The summed E-state index contributed by atoms with van der Waals surface area (Å²) in [6.45, 7) is 4.30. The van der Waals surface area contributed by atoms with E-state index in [4.69, 9.17) is 0 Å². The maximum atomic E-state index is 12.8.